The molecule has 12 heavy (non-hydrogen) atoms. The van der Waals surface area contributed by atoms with Gasteiger partial charge in [0, 0.05) is 6.61 Å². The maximum absolute atomic E-state index is 8.80. The fourth-order valence-corrected chi connectivity index (χ4v) is 0.582. The Morgan fingerprint density at radius 1 is 1.25 bits per heavy atom. The predicted octanol–water partition coefficient (Wildman–Crippen LogP) is 1.40. The van der Waals surface area contributed by atoms with Crippen LogP contribution in [0.1, 0.15) is 6.92 Å². The minimum Gasteiger partial charge on any atom is -0.508 e. The van der Waals surface area contributed by atoms with Gasteiger partial charge >= 0.3 is 0 Å². The summed E-state index contributed by atoms with van der Waals surface area (Å²) in [5.74, 6) is 1.02. The van der Waals surface area contributed by atoms with E-state index in [1.54, 1.807) is 38.3 Å². The Balaban J connectivity index is 0.000000354. The van der Waals surface area contributed by atoms with E-state index in [9.17, 15) is 0 Å². The first-order valence-electron chi connectivity index (χ1n) is 3.68. The van der Waals surface area contributed by atoms with Crippen molar-refractivity contribution < 1.29 is 14.9 Å². The van der Waals surface area contributed by atoms with Gasteiger partial charge in [-0.15, -0.1) is 0 Å². The molecule has 0 aromatic heterocycles. The average Bonchev–Trinajstić information content (AvgIpc) is 2.07. The van der Waals surface area contributed by atoms with Gasteiger partial charge in [-0.1, -0.05) is 0 Å². The van der Waals surface area contributed by atoms with Crippen molar-refractivity contribution in [2.24, 2.45) is 0 Å². The lowest BCUT2D eigenvalue weighted by atomic mass is 10.3. The fourth-order valence-electron chi connectivity index (χ4n) is 0.582. The number of aliphatic hydroxyl groups is 1. The molecular formula is C9H14O3. The van der Waals surface area contributed by atoms with Gasteiger partial charge in [0.05, 0.1) is 7.11 Å². The zero-order valence-electron chi connectivity index (χ0n) is 7.32. The summed E-state index contributed by atoms with van der Waals surface area (Å²) in [6, 6.07) is 6.57. The second-order valence-corrected chi connectivity index (χ2v) is 2.01. The molecule has 0 aliphatic carbocycles. The standard InChI is InChI=1S/C7H8O2.C2H6O/c1-9-7-4-2-6(8)3-5-7;1-2-3/h2-5,8H,1H3;3H,2H2,1H3. The fraction of sp³-hybridized carbons (Fsp3) is 0.333. The monoisotopic (exact) mass is 170 g/mol. The van der Waals surface area contributed by atoms with Crippen molar-refractivity contribution in [1.29, 1.82) is 0 Å². The average molecular weight is 170 g/mol. The number of hydrogen-bond donors (Lipinski definition) is 2. The zero-order valence-corrected chi connectivity index (χ0v) is 7.32. The van der Waals surface area contributed by atoms with Gasteiger partial charge in [-0.05, 0) is 31.2 Å². The molecule has 0 bridgehead atoms. The van der Waals surface area contributed by atoms with Gasteiger partial charge in [-0.3, -0.25) is 0 Å². The van der Waals surface area contributed by atoms with Gasteiger partial charge in [0.25, 0.3) is 0 Å². The second kappa shape index (κ2) is 6.49. The van der Waals surface area contributed by atoms with Crippen LogP contribution in [0.4, 0.5) is 0 Å². The molecule has 0 atom stereocenters. The van der Waals surface area contributed by atoms with Crippen LogP contribution in [0.3, 0.4) is 0 Å². The summed E-state index contributed by atoms with van der Waals surface area (Å²) >= 11 is 0. The summed E-state index contributed by atoms with van der Waals surface area (Å²) in [6.45, 7) is 1.93. The van der Waals surface area contributed by atoms with Crippen LogP contribution >= 0.6 is 0 Å². The Bertz CT molecular complexity index is 193. The van der Waals surface area contributed by atoms with Crippen LogP contribution in [-0.2, 0) is 0 Å². The molecule has 3 nitrogen and oxygen atoms in total. The number of methoxy groups -OCH3 is 1. The Labute approximate surface area is 72.2 Å². The third kappa shape index (κ3) is 4.57. The van der Waals surface area contributed by atoms with Crippen molar-refractivity contribution in [1.82, 2.24) is 0 Å². The SMILES string of the molecule is CCO.COc1ccc(O)cc1. The first-order valence-corrected chi connectivity index (χ1v) is 3.68. The number of hydrogen-bond acceptors (Lipinski definition) is 3. The number of aromatic hydroxyl groups is 1. The van der Waals surface area contributed by atoms with Gasteiger partial charge in [-0.2, -0.15) is 0 Å². The molecule has 0 aliphatic rings. The molecule has 0 saturated carbocycles. The molecular weight excluding hydrogens is 156 g/mol. The van der Waals surface area contributed by atoms with Crippen molar-refractivity contribution in [3.05, 3.63) is 24.3 Å². The third-order valence-corrected chi connectivity index (χ3v) is 1.07. The number of rotatable bonds is 1. The van der Waals surface area contributed by atoms with Crippen molar-refractivity contribution in [2.45, 2.75) is 6.92 Å². The van der Waals surface area contributed by atoms with E-state index in [1.165, 1.54) is 0 Å². The van der Waals surface area contributed by atoms with E-state index in [-0.39, 0.29) is 12.4 Å². The number of aliphatic hydroxyl groups excluding tert-OH is 1. The normalized spacial score (nSPS) is 8.25. The second-order valence-electron chi connectivity index (χ2n) is 2.01. The molecule has 0 unspecified atom stereocenters. The smallest absolute Gasteiger partial charge is 0.119 e. The van der Waals surface area contributed by atoms with Gasteiger partial charge in [0.1, 0.15) is 11.5 Å². The number of phenols is 1. The maximum atomic E-state index is 8.80. The summed E-state index contributed by atoms with van der Waals surface area (Å²) in [4.78, 5) is 0. The summed E-state index contributed by atoms with van der Waals surface area (Å²) in [7, 11) is 1.59. The number of ether oxygens (including phenoxy) is 1. The highest BCUT2D eigenvalue weighted by Gasteiger charge is 1.87. The van der Waals surface area contributed by atoms with Crippen LogP contribution in [0, 0.1) is 0 Å². The molecule has 3 heteroatoms. The summed E-state index contributed by atoms with van der Waals surface area (Å²) in [6.07, 6.45) is 0. The van der Waals surface area contributed by atoms with Crippen LogP contribution < -0.4 is 4.74 Å². The van der Waals surface area contributed by atoms with Gasteiger partial charge in [0.15, 0.2) is 0 Å². The van der Waals surface area contributed by atoms with Gasteiger partial charge < -0.3 is 14.9 Å². The molecule has 0 spiro atoms. The lowest BCUT2D eigenvalue weighted by Gasteiger charge is -1.96. The van der Waals surface area contributed by atoms with E-state index in [1.807, 2.05) is 0 Å². The minimum atomic E-state index is 0.250. The first-order chi connectivity index (χ1) is 5.74. The molecule has 1 rings (SSSR count). The highest BCUT2D eigenvalue weighted by atomic mass is 16.5. The molecule has 68 valence electrons. The molecule has 1 aromatic carbocycles. The van der Waals surface area contributed by atoms with Crippen LogP contribution in [-0.4, -0.2) is 23.9 Å². The molecule has 0 aliphatic heterocycles. The molecule has 0 heterocycles. The maximum Gasteiger partial charge on any atom is 0.119 e. The molecule has 2 N–H and O–H groups in total. The van der Waals surface area contributed by atoms with Crippen LogP contribution in [0.2, 0.25) is 0 Å². The molecule has 0 radical (unpaired) electrons. The van der Waals surface area contributed by atoms with Gasteiger partial charge in [-0.25, -0.2) is 0 Å². The third-order valence-electron chi connectivity index (χ3n) is 1.07. The summed E-state index contributed by atoms with van der Waals surface area (Å²) in [5.41, 5.74) is 0. The van der Waals surface area contributed by atoms with E-state index < -0.39 is 0 Å². The lowest BCUT2D eigenvalue weighted by Crippen LogP contribution is -1.79. The van der Waals surface area contributed by atoms with Crippen LogP contribution in [0.5, 0.6) is 11.5 Å². The highest BCUT2D eigenvalue weighted by Crippen LogP contribution is 2.14. The molecule has 0 saturated heterocycles. The van der Waals surface area contributed by atoms with Crippen molar-refractivity contribution >= 4 is 0 Å². The Morgan fingerprint density at radius 3 is 2.00 bits per heavy atom. The quantitative estimate of drug-likeness (QED) is 0.669. The number of phenolic OH excluding ortho intramolecular Hbond substituents is 1. The topological polar surface area (TPSA) is 49.7 Å². The first kappa shape index (κ1) is 10.8. The Kier molecular flexibility index (Phi) is 5.83. The van der Waals surface area contributed by atoms with E-state index in [0.29, 0.717) is 0 Å². The van der Waals surface area contributed by atoms with E-state index >= 15 is 0 Å². The van der Waals surface area contributed by atoms with Gasteiger partial charge in [0.2, 0.25) is 0 Å². The van der Waals surface area contributed by atoms with Crippen LogP contribution in [0.15, 0.2) is 24.3 Å². The largest absolute Gasteiger partial charge is 0.508 e. The number of benzene rings is 1. The Hall–Kier alpha value is -1.22. The minimum absolute atomic E-state index is 0.250. The summed E-state index contributed by atoms with van der Waals surface area (Å²) in [5, 5.41) is 16.4. The van der Waals surface area contributed by atoms with E-state index in [2.05, 4.69) is 0 Å². The zero-order chi connectivity index (χ0) is 9.40. The lowest BCUT2D eigenvalue weighted by molar-refractivity contribution is 0.318. The molecule has 1 aromatic rings. The van der Waals surface area contributed by atoms with Crippen molar-refractivity contribution in [2.75, 3.05) is 13.7 Å². The van der Waals surface area contributed by atoms with E-state index in [4.69, 9.17) is 14.9 Å². The van der Waals surface area contributed by atoms with Crippen molar-refractivity contribution in [3.63, 3.8) is 0 Å². The predicted molar refractivity (Wildman–Crippen MR) is 47.4 cm³/mol. The molecule has 0 amide bonds. The van der Waals surface area contributed by atoms with Crippen LogP contribution in [0.25, 0.3) is 0 Å². The Morgan fingerprint density at radius 2 is 1.67 bits per heavy atom. The van der Waals surface area contributed by atoms with Crippen molar-refractivity contribution in [3.8, 4) is 11.5 Å². The summed E-state index contributed by atoms with van der Waals surface area (Å²) < 4.78 is 4.86. The van der Waals surface area contributed by atoms with E-state index in [0.717, 1.165) is 5.75 Å². The molecule has 0 fully saturated rings. The highest BCUT2D eigenvalue weighted by molar-refractivity contribution is 5.29.